The van der Waals surface area contributed by atoms with Crippen LogP contribution in [-0.4, -0.2) is 17.3 Å². The molecule has 0 bridgehead atoms. The van der Waals surface area contributed by atoms with Gasteiger partial charge in [0.05, 0.1) is 4.47 Å². The van der Waals surface area contributed by atoms with Crippen LogP contribution in [0.3, 0.4) is 0 Å². The molecule has 1 aromatic heterocycles. The van der Waals surface area contributed by atoms with Gasteiger partial charge < -0.3 is 5.32 Å². The molecule has 0 spiro atoms. The molecule has 0 radical (unpaired) electrons. The average Bonchev–Trinajstić information content (AvgIpc) is 2.08. The first-order chi connectivity index (χ1) is 6.11. The Bertz CT molecular complexity index is 319. The Morgan fingerprint density at radius 1 is 1.62 bits per heavy atom. The molecule has 1 amide bonds. The number of pyridine rings is 1. The Hall–Kier alpha value is -1.04. The summed E-state index contributed by atoms with van der Waals surface area (Å²) in [5.74, 6) is -1.27. The lowest BCUT2D eigenvalue weighted by atomic mass is 10.4. The van der Waals surface area contributed by atoms with E-state index in [2.05, 4.69) is 20.9 Å². The number of carbonyl (C=O) groups is 1. The molecule has 3 nitrogen and oxygen atoms in total. The second-order valence-corrected chi connectivity index (χ2v) is 2.98. The van der Waals surface area contributed by atoms with Crippen molar-refractivity contribution < 1.29 is 13.6 Å². The maximum absolute atomic E-state index is 11.8. The number of anilines is 1. The topological polar surface area (TPSA) is 42.0 Å². The van der Waals surface area contributed by atoms with Gasteiger partial charge >= 0.3 is 6.43 Å². The van der Waals surface area contributed by atoms with Crippen molar-refractivity contribution in [2.75, 3.05) is 5.32 Å². The van der Waals surface area contributed by atoms with E-state index in [-0.39, 0.29) is 5.82 Å². The summed E-state index contributed by atoms with van der Waals surface area (Å²) in [7, 11) is 0. The fourth-order valence-electron chi connectivity index (χ4n) is 0.649. The van der Waals surface area contributed by atoms with Crippen molar-refractivity contribution in [1.82, 2.24) is 4.98 Å². The summed E-state index contributed by atoms with van der Waals surface area (Å²) in [4.78, 5) is 14.2. The molecule has 0 aliphatic rings. The Morgan fingerprint density at radius 2 is 2.31 bits per heavy atom. The van der Waals surface area contributed by atoms with Crippen LogP contribution >= 0.6 is 15.9 Å². The number of amides is 1. The fraction of sp³-hybridized carbons (Fsp3) is 0.143. The number of nitrogens with one attached hydrogen (secondary N) is 1. The van der Waals surface area contributed by atoms with Crippen molar-refractivity contribution in [2.45, 2.75) is 6.43 Å². The second kappa shape index (κ2) is 4.27. The number of nitrogens with zero attached hydrogens (tertiary/aromatic N) is 1. The molecule has 0 fully saturated rings. The molecule has 70 valence electrons. The summed E-state index contributed by atoms with van der Waals surface area (Å²) in [6.07, 6.45) is -1.64. The third-order valence-corrected chi connectivity index (χ3v) is 1.84. The standard InChI is InChI=1S/C7H5BrF2N2O/c8-4-2-1-3-11-6(4)12-7(13)5(9)10/h1-3,5H,(H,11,12,13). The zero-order chi connectivity index (χ0) is 9.84. The second-order valence-electron chi connectivity index (χ2n) is 2.12. The van der Waals surface area contributed by atoms with E-state index in [0.29, 0.717) is 4.47 Å². The Labute approximate surface area is 81.3 Å². The molecule has 0 saturated heterocycles. The predicted molar refractivity (Wildman–Crippen MR) is 46.6 cm³/mol. The normalized spacial score (nSPS) is 10.2. The van der Waals surface area contributed by atoms with Crippen LogP contribution in [0.2, 0.25) is 0 Å². The van der Waals surface area contributed by atoms with Gasteiger partial charge in [0.25, 0.3) is 5.91 Å². The van der Waals surface area contributed by atoms with E-state index in [9.17, 15) is 13.6 Å². The summed E-state index contributed by atoms with van der Waals surface area (Å²) in [5.41, 5.74) is 0. The number of hydrogen-bond donors (Lipinski definition) is 1. The zero-order valence-electron chi connectivity index (χ0n) is 6.30. The summed E-state index contributed by atoms with van der Waals surface area (Å²) < 4.78 is 24.0. The lowest BCUT2D eigenvalue weighted by Crippen LogP contribution is -2.20. The van der Waals surface area contributed by atoms with Crippen molar-refractivity contribution >= 4 is 27.7 Å². The zero-order valence-corrected chi connectivity index (χ0v) is 7.88. The van der Waals surface area contributed by atoms with Crippen molar-refractivity contribution in [2.24, 2.45) is 0 Å². The van der Waals surface area contributed by atoms with Gasteiger partial charge in [-0.15, -0.1) is 0 Å². The summed E-state index contributed by atoms with van der Waals surface area (Å²) in [5, 5.41) is 1.96. The molecule has 0 atom stereocenters. The SMILES string of the molecule is O=C(Nc1ncccc1Br)C(F)F. The van der Waals surface area contributed by atoms with Crippen LogP contribution in [0, 0.1) is 0 Å². The van der Waals surface area contributed by atoms with Crippen molar-refractivity contribution in [3.05, 3.63) is 22.8 Å². The quantitative estimate of drug-likeness (QED) is 0.873. The molecule has 13 heavy (non-hydrogen) atoms. The molecule has 1 rings (SSSR count). The molecule has 1 N–H and O–H groups in total. The van der Waals surface area contributed by atoms with Crippen molar-refractivity contribution in [3.63, 3.8) is 0 Å². The highest BCUT2D eigenvalue weighted by Gasteiger charge is 2.16. The van der Waals surface area contributed by atoms with E-state index >= 15 is 0 Å². The molecule has 0 aromatic carbocycles. The number of alkyl halides is 2. The number of hydrogen-bond acceptors (Lipinski definition) is 2. The molecule has 0 aliphatic carbocycles. The summed E-state index contributed by atoms with van der Waals surface area (Å²) >= 11 is 3.05. The van der Waals surface area contributed by atoms with Crippen LogP contribution in [0.15, 0.2) is 22.8 Å². The van der Waals surface area contributed by atoms with E-state index in [4.69, 9.17) is 0 Å². The fourth-order valence-corrected chi connectivity index (χ4v) is 1.00. The van der Waals surface area contributed by atoms with Crippen LogP contribution in [-0.2, 0) is 4.79 Å². The molecular weight excluding hydrogens is 246 g/mol. The number of carbonyl (C=O) groups excluding carboxylic acids is 1. The van der Waals surface area contributed by atoms with Crippen LogP contribution in [0.1, 0.15) is 0 Å². The summed E-state index contributed by atoms with van der Waals surface area (Å²) in [6, 6.07) is 3.20. The van der Waals surface area contributed by atoms with Gasteiger partial charge in [0.1, 0.15) is 5.82 Å². The van der Waals surface area contributed by atoms with Crippen LogP contribution < -0.4 is 5.32 Å². The Kier molecular flexibility index (Phi) is 3.30. The molecule has 0 aliphatic heterocycles. The van der Waals surface area contributed by atoms with Crippen molar-refractivity contribution in [3.8, 4) is 0 Å². The van der Waals surface area contributed by atoms with E-state index in [1.807, 2.05) is 5.32 Å². The first kappa shape index (κ1) is 10.0. The van der Waals surface area contributed by atoms with E-state index in [0.717, 1.165) is 0 Å². The minimum absolute atomic E-state index is 0.0906. The maximum atomic E-state index is 11.8. The van der Waals surface area contributed by atoms with Crippen LogP contribution in [0.5, 0.6) is 0 Å². The Balaban J connectivity index is 2.75. The van der Waals surface area contributed by atoms with E-state index < -0.39 is 12.3 Å². The van der Waals surface area contributed by atoms with Gasteiger partial charge in [-0.05, 0) is 28.1 Å². The molecule has 0 saturated carbocycles. The van der Waals surface area contributed by atoms with Gasteiger partial charge in [-0.1, -0.05) is 0 Å². The Morgan fingerprint density at radius 3 is 2.85 bits per heavy atom. The third-order valence-electron chi connectivity index (χ3n) is 1.20. The predicted octanol–water partition coefficient (Wildman–Crippen LogP) is 2.05. The lowest BCUT2D eigenvalue weighted by molar-refractivity contribution is -0.126. The van der Waals surface area contributed by atoms with Gasteiger partial charge in [-0.25, -0.2) is 4.98 Å². The molecule has 1 heterocycles. The monoisotopic (exact) mass is 250 g/mol. The average molecular weight is 251 g/mol. The third kappa shape index (κ3) is 2.73. The van der Waals surface area contributed by atoms with Gasteiger partial charge in [0, 0.05) is 6.20 Å². The lowest BCUT2D eigenvalue weighted by Gasteiger charge is -2.04. The van der Waals surface area contributed by atoms with Gasteiger partial charge in [-0.2, -0.15) is 8.78 Å². The largest absolute Gasteiger partial charge is 0.315 e. The highest BCUT2D eigenvalue weighted by atomic mass is 79.9. The molecule has 1 aromatic rings. The number of halogens is 3. The smallest absolute Gasteiger partial charge is 0.305 e. The van der Waals surface area contributed by atoms with Crippen molar-refractivity contribution in [1.29, 1.82) is 0 Å². The minimum atomic E-state index is -3.03. The number of rotatable bonds is 2. The number of aromatic nitrogens is 1. The molecule has 0 unspecified atom stereocenters. The molecular formula is C7H5BrF2N2O. The van der Waals surface area contributed by atoms with Crippen LogP contribution in [0.25, 0.3) is 0 Å². The maximum Gasteiger partial charge on any atom is 0.315 e. The molecule has 6 heteroatoms. The highest BCUT2D eigenvalue weighted by Crippen LogP contribution is 2.18. The minimum Gasteiger partial charge on any atom is -0.305 e. The van der Waals surface area contributed by atoms with Gasteiger partial charge in [0.2, 0.25) is 0 Å². The van der Waals surface area contributed by atoms with Crippen LogP contribution in [0.4, 0.5) is 14.6 Å². The first-order valence-corrected chi connectivity index (χ1v) is 4.10. The van der Waals surface area contributed by atoms with E-state index in [1.54, 1.807) is 12.1 Å². The first-order valence-electron chi connectivity index (χ1n) is 3.31. The van der Waals surface area contributed by atoms with Gasteiger partial charge in [-0.3, -0.25) is 4.79 Å². The highest BCUT2D eigenvalue weighted by molar-refractivity contribution is 9.10. The van der Waals surface area contributed by atoms with Gasteiger partial charge in [0.15, 0.2) is 0 Å². The van der Waals surface area contributed by atoms with E-state index in [1.165, 1.54) is 6.20 Å². The summed E-state index contributed by atoms with van der Waals surface area (Å²) in [6.45, 7) is 0.